The van der Waals surface area contributed by atoms with Crippen molar-refractivity contribution >= 4 is 11.3 Å². The quantitative estimate of drug-likeness (QED) is 0.912. The summed E-state index contributed by atoms with van der Waals surface area (Å²) < 4.78 is 13.6. The van der Waals surface area contributed by atoms with E-state index in [4.69, 9.17) is 5.73 Å². The van der Waals surface area contributed by atoms with Gasteiger partial charge in [-0.1, -0.05) is 13.8 Å². The van der Waals surface area contributed by atoms with Crippen LogP contribution in [0.5, 0.6) is 0 Å². The predicted molar refractivity (Wildman–Crippen MR) is 67.3 cm³/mol. The topological polar surface area (TPSA) is 51.8 Å². The number of pyridine rings is 1. The summed E-state index contributed by atoms with van der Waals surface area (Å²) >= 11 is 1.42. The number of hydrogen-bond acceptors (Lipinski definition) is 4. The fourth-order valence-corrected chi connectivity index (χ4v) is 2.70. The molecule has 0 aliphatic carbocycles. The minimum absolute atomic E-state index is 0.283. The van der Waals surface area contributed by atoms with Gasteiger partial charge in [-0.15, -0.1) is 11.3 Å². The first-order chi connectivity index (χ1) is 8.13. The van der Waals surface area contributed by atoms with Gasteiger partial charge in [0.05, 0.1) is 5.69 Å². The molecule has 0 aromatic carbocycles. The van der Waals surface area contributed by atoms with Crippen LogP contribution in [-0.4, -0.2) is 9.97 Å². The fraction of sp³-hybridized carbons (Fsp3) is 0.333. The van der Waals surface area contributed by atoms with Gasteiger partial charge in [-0.3, -0.25) is 4.98 Å². The average molecular weight is 251 g/mol. The first kappa shape index (κ1) is 12.1. The van der Waals surface area contributed by atoms with Crippen molar-refractivity contribution in [3.8, 4) is 10.7 Å². The van der Waals surface area contributed by atoms with Gasteiger partial charge in [-0.05, 0) is 18.1 Å². The molecule has 0 saturated carbocycles. The first-order valence-corrected chi connectivity index (χ1v) is 6.25. The minimum atomic E-state index is -0.347. The second-order valence-electron chi connectivity index (χ2n) is 4.02. The first-order valence-electron chi connectivity index (χ1n) is 5.44. The van der Waals surface area contributed by atoms with E-state index in [9.17, 15) is 4.39 Å². The highest BCUT2D eigenvalue weighted by Gasteiger charge is 2.16. The zero-order chi connectivity index (χ0) is 12.4. The lowest BCUT2D eigenvalue weighted by Crippen LogP contribution is -1.99. The number of rotatable bonds is 3. The van der Waals surface area contributed by atoms with Crippen LogP contribution < -0.4 is 5.73 Å². The Hall–Kier alpha value is -1.33. The number of halogens is 1. The number of thiazole rings is 1. The monoisotopic (exact) mass is 251 g/mol. The van der Waals surface area contributed by atoms with Gasteiger partial charge in [0, 0.05) is 17.6 Å². The van der Waals surface area contributed by atoms with Crippen molar-refractivity contribution in [2.45, 2.75) is 26.3 Å². The van der Waals surface area contributed by atoms with Crippen molar-refractivity contribution < 1.29 is 4.39 Å². The van der Waals surface area contributed by atoms with E-state index < -0.39 is 0 Å². The van der Waals surface area contributed by atoms with Gasteiger partial charge in [0.15, 0.2) is 5.82 Å². The SMILES string of the molecule is CC(C)c1nc(-c2ncccc2F)sc1CN. The van der Waals surface area contributed by atoms with E-state index in [-0.39, 0.29) is 11.7 Å². The Kier molecular flexibility index (Phi) is 3.49. The molecule has 0 saturated heterocycles. The molecule has 0 radical (unpaired) electrons. The molecular weight excluding hydrogens is 237 g/mol. The molecule has 0 unspecified atom stereocenters. The van der Waals surface area contributed by atoms with Gasteiger partial charge in [0.2, 0.25) is 0 Å². The van der Waals surface area contributed by atoms with Gasteiger partial charge >= 0.3 is 0 Å². The van der Waals surface area contributed by atoms with Crippen LogP contribution in [0.3, 0.4) is 0 Å². The maximum atomic E-state index is 13.6. The van der Waals surface area contributed by atoms with Gasteiger partial charge in [0.1, 0.15) is 10.7 Å². The second kappa shape index (κ2) is 4.89. The maximum Gasteiger partial charge on any atom is 0.151 e. The summed E-state index contributed by atoms with van der Waals surface area (Å²) in [5.41, 5.74) is 6.92. The lowest BCUT2D eigenvalue weighted by molar-refractivity contribution is 0.625. The summed E-state index contributed by atoms with van der Waals surface area (Å²) in [6.07, 6.45) is 1.57. The van der Waals surface area contributed by atoms with Crippen molar-refractivity contribution in [2.24, 2.45) is 5.73 Å². The Morgan fingerprint density at radius 3 is 2.76 bits per heavy atom. The van der Waals surface area contributed by atoms with Crippen LogP contribution in [0.4, 0.5) is 4.39 Å². The predicted octanol–water partition coefficient (Wildman–Crippen LogP) is 2.93. The van der Waals surface area contributed by atoms with Crippen molar-refractivity contribution in [3.63, 3.8) is 0 Å². The van der Waals surface area contributed by atoms with E-state index in [1.807, 2.05) is 13.8 Å². The maximum absolute atomic E-state index is 13.6. The Morgan fingerprint density at radius 2 is 2.24 bits per heavy atom. The Balaban J connectivity index is 2.51. The highest BCUT2D eigenvalue weighted by atomic mass is 32.1. The lowest BCUT2D eigenvalue weighted by atomic mass is 10.1. The van der Waals surface area contributed by atoms with Crippen LogP contribution in [0.25, 0.3) is 10.7 Å². The van der Waals surface area contributed by atoms with Crippen molar-refractivity contribution in [2.75, 3.05) is 0 Å². The summed E-state index contributed by atoms with van der Waals surface area (Å²) in [7, 11) is 0. The van der Waals surface area contributed by atoms with Gasteiger partial charge in [0.25, 0.3) is 0 Å². The lowest BCUT2D eigenvalue weighted by Gasteiger charge is -2.01. The van der Waals surface area contributed by atoms with Crippen LogP contribution in [-0.2, 0) is 6.54 Å². The number of hydrogen-bond donors (Lipinski definition) is 1. The largest absolute Gasteiger partial charge is 0.326 e. The van der Waals surface area contributed by atoms with Crippen LogP contribution in [0.15, 0.2) is 18.3 Å². The average Bonchev–Trinajstić information content (AvgIpc) is 2.73. The van der Waals surface area contributed by atoms with Crippen molar-refractivity contribution in [3.05, 3.63) is 34.7 Å². The summed E-state index contributed by atoms with van der Waals surface area (Å²) in [6.45, 7) is 4.53. The molecule has 0 fully saturated rings. The molecule has 3 nitrogen and oxygen atoms in total. The van der Waals surface area contributed by atoms with E-state index in [2.05, 4.69) is 9.97 Å². The highest BCUT2D eigenvalue weighted by Crippen LogP contribution is 2.31. The molecule has 0 amide bonds. The fourth-order valence-electron chi connectivity index (χ4n) is 1.61. The summed E-state index contributed by atoms with van der Waals surface area (Å²) in [5, 5.41) is 0.604. The third kappa shape index (κ3) is 2.35. The van der Waals surface area contributed by atoms with Crippen molar-refractivity contribution in [1.29, 1.82) is 0 Å². The van der Waals surface area contributed by atoms with Crippen molar-refractivity contribution in [1.82, 2.24) is 9.97 Å². The molecule has 2 heterocycles. The Morgan fingerprint density at radius 1 is 1.47 bits per heavy atom. The zero-order valence-electron chi connectivity index (χ0n) is 9.77. The molecule has 2 aromatic rings. The summed E-state index contributed by atoms with van der Waals surface area (Å²) in [4.78, 5) is 9.48. The molecule has 0 atom stereocenters. The van der Waals surface area contributed by atoms with Crippen LogP contribution in [0, 0.1) is 5.82 Å². The van der Waals surface area contributed by atoms with Gasteiger partial charge < -0.3 is 5.73 Å². The minimum Gasteiger partial charge on any atom is -0.326 e. The second-order valence-corrected chi connectivity index (χ2v) is 5.10. The third-order valence-electron chi connectivity index (χ3n) is 2.42. The molecule has 0 bridgehead atoms. The van der Waals surface area contributed by atoms with Gasteiger partial charge in [-0.2, -0.15) is 0 Å². The van der Waals surface area contributed by atoms with E-state index in [1.165, 1.54) is 17.4 Å². The highest BCUT2D eigenvalue weighted by molar-refractivity contribution is 7.15. The van der Waals surface area contributed by atoms with E-state index in [0.29, 0.717) is 17.2 Å². The van der Waals surface area contributed by atoms with Crippen LogP contribution >= 0.6 is 11.3 Å². The molecule has 2 aromatic heterocycles. The molecule has 0 aliphatic heterocycles. The summed E-state index contributed by atoms with van der Waals surface area (Å²) in [5.74, 6) is -0.0644. The molecule has 5 heteroatoms. The van der Waals surface area contributed by atoms with E-state index >= 15 is 0 Å². The number of nitrogens with two attached hydrogens (primary N) is 1. The molecule has 17 heavy (non-hydrogen) atoms. The molecular formula is C12H14FN3S. The zero-order valence-corrected chi connectivity index (χ0v) is 10.6. The van der Waals surface area contributed by atoms with Crippen LogP contribution in [0.2, 0.25) is 0 Å². The van der Waals surface area contributed by atoms with E-state index in [0.717, 1.165) is 10.6 Å². The Labute approximate surface area is 104 Å². The van der Waals surface area contributed by atoms with E-state index in [1.54, 1.807) is 12.3 Å². The van der Waals surface area contributed by atoms with Gasteiger partial charge in [-0.25, -0.2) is 9.37 Å². The molecule has 0 aliphatic rings. The molecule has 90 valence electrons. The Bertz CT molecular complexity index is 522. The molecule has 0 spiro atoms. The smallest absolute Gasteiger partial charge is 0.151 e. The third-order valence-corrected chi connectivity index (χ3v) is 3.52. The summed E-state index contributed by atoms with van der Waals surface area (Å²) in [6, 6.07) is 2.96. The number of nitrogens with zero attached hydrogens (tertiary/aromatic N) is 2. The number of aromatic nitrogens is 2. The molecule has 2 N–H and O–H groups in total. The van der Waals surface area contributed by atoms with Crippen LogP contribution in [0.1, 0.15) is 30.3 Å². The standard InChI is InChI=1S/C12H14FN3S/c1-7(2)10-9(6-14)17-12(16-10)11-8(13)4-3-5-15-11/h3-5,7H,6,14H2,1-2H3. The molecule has 2 rings (SSSR count). The normalized spacial score (nSPS) is 11.1.